The Labute approximate surface area is 166 Å². The fourth-order valence-electron chi connectivity index (χ4n) is 2.79. The monoisotopic (exact) mass is 384 g/mol. The summed E-state index contributed by atoms with van der Waals surface area (Å²) in [6.45, 7) is 5.25. The number of nitrogens with zero attached hydrogens (tertiary/aromatic N) is 3. The van der Waals surface area contributed by atoms with Crippen molar-refractivity contribution < 1.29 is 0 Å². The Balaban J connectivity index is 1.53. The number of benzene rings is 2. The van der Waals surface area contributed by atoms with Crippen LogP contribution in [0.1, 0.15) is 18.7 Å². The Morgan fingerprint density at radius 1 is 1.00 bits per heavy atom. The maximum atomic E-state index is 4.66. The molecule has 0 fully saturated rings. The van der Waals surface area contributed by atoms with Crippen molar-refractivity contribution in [1.29, 1.82) is 0 Å². The van der Waals surface area contributed by atoms with E-state index in [1.165, 1.54) is 17.6 Å². The molecule has 2 aromatic carbocycles. The summed E-state index contributed by atoms with van der Waals surface area (Å²) in [6, 6.07) is 18.7. The molecule has 3 rings (SSSR count). The third kappa shape index (κ3) is 5.63. The van der Waals surface area contributed by atoms with E-state index in [-0.39, 0.29) is 6.17 Å². The molecule has 2 aromatic rings. The molecule has 144 valence electrons. The maximum Gasteiger partial charge on any atom is 0.192 e. The third-order valence-electron chi connectivity index (χ3n) is 4.37. The van der Waals surface area contributed by atoms with Crippen molar-refractivity contribution in [3.05, 3.63) is 60.2 Å². The van der Waals surface area contributed by atoms with Crippen LogP contribution in [0.4, 0.5) is 11.4 Å². The Bertz CT molecular complexity index is 732. The molecular weight excluding hydrogens is 356 g/mol. The Morgan fingerprint density at radius 2 is 1.74 bits per heavy atom. The summed E-state index contributed by atoms with van der Waals surface area (Å²) in [4.78, 5) is 9.24. The summed E-state index contributed by atoms with van der Waals surface area (Å²) < 4.78 is 3.31. The lowest BCUT2D eigenvalue weighted by Crippen LogP contribution is -2.31. The van der Waals surface area contributed by atoms with Crippen LogP contribution in [-0.4, -0.2) is 43.8 Å². The highest BCUT2D eigenvalue weighted by Crippen LogP contribution is 2.24. The smallest absolute Gasteiger partial charge is 0.192 e. The van der Waals surface area contributed by atoms with E-state index in [4.69, 9.17) is 0 Å². The van der Waals surface area contributed by atoms with Gasteiger partial charge in [0.05, 0.1) is 5.69 Å². The van der Waals surface area contributed by atoms with E-state index < -0.39 is 0 Å². The molecule has 0 aromatic heterocycles. The molecule has 1 heterocycles. The molecule has 0 saturated heterocycles. The molecular formula is C20H28N6S. The minimum Gasteiger partial charge on any atom is -0.371 e. The van der Waals surface area contributed by atoms with Gasteiger partial charge < -0.3 is 9.80 Å². The average Bonchev–Trinajstić information content (AvgIpc) is 3.17. The predicted molar refractivity (Wildman–Crippen MR) is 117 cm³/mol. The van der Waals surface area contributed by atoms with Crippen molar-refractivity contribution in [2.75, 3.05) is 44.1 Å². The predicted octanol–water partition coefficient (Wildman–Crippen LogP) is 3.30. The molecule has 1 aliphatic heterocycles. The molecule has 27 heavy (non-hydrogen) atoms. The minimum atomic E-state index is -0.0160. The van der Waals surface area contributed by atoms with Gasteiger partial charge in [-0.2, -0.15) is 0 Å². The van der Waals surface area contributed by atoms with Crippen molar-refractivity contribution in [2.45, 2.75) is 13.1 Å². The molecule has 0 saturated carbocycles. The zero-order chi connectivity index (χ0) is 19.1. The molecule has 7 heteroatoms. The van der Waals surface area contributed by atoms with Crippen LogP contribution in [0.2, 0.25) is 0 Å². The van der Waals surface area contributed by atoms with E-state index >= 15 is 0 Å². The summed E-state index contributed by atoms with van der Waals surface area (Å²) in [5.74, 6) is 0. The summed E-state index contributed by atoms with van der Waals surface area (Å²) in [6.07, 6.45) is -0.0160. The maximum absolute atomic E-state index is 4.66. The number of hydrazine groups is 1. The molecule has 0 bridgehead atoms. The number of anilines is 2. The first-order chi connectivity index (χ1) is 13.2. The number of amidine groups is 1. The van der Waals surface area contributed by atoms with Gasteiger partial charge in [-0.1, -0.05) is 30.3 Å². The normalized spacial score (nSPS) is 16.3. The second-order valence-corrected chi connectivity index (χ2v) is 7.47. The van der Waals surface area contributed by atoms with E-state index in [0.29, 0.717) is 0 Å². The van der Waals surface area contributed by atoms with E-state index in [9.17, 15) is 0 Å². The summed E-state index contributed by atoms with van der Waals surface area (Å²) in [7, 11) is 4.21. The number of nitrogens with one attached hydrogen (secondary N) is 3. The Morgan fingerprint density at radius 3 is 2.41 bits per heavy atom. The highest BCUT2D eigenvalue weighted by Gasteiger charge is 2.18. The molecule has 1 aliphatic rings. The summed E-state index contributed by atoms with van der Waals surface area (Å²) in [5, 5.41) is 0.828. The van der Waals surface area contributed by atoms with Crippen molar-refractivity contribution in [3.8, 4) is 0 Å². The lowest BCUT2D eigenvalue weighted by atomic mass is 10.2. The lowest BCUT2D eigenvalue weighted by Gasteiger charge is -2.25. The van der Waals surface area contributed by atoms with Gasteiger partial charge in [-0.3, -0.25) is 10.9 Å². The molecule has 3 N–H and O–H groups in total. The molecule has 0 radical (unpaired) electrons. The van der Waals surface area contributed by atoms with Gasteiger partial charge in [0.15, 0.2) is 5.17 Å². The fraction of sp³-hybridized carbons (Fsp3) is 0.350. The van der Waals surface area contributed by atoms with Crippen LogP contribution in [0.3, 0.4) is 0 Å². The van der Waals surface area contributed by atoms with Gasteiger partial charge in [0.25, 0.3) is 0 Å². The van der Waals surface area contributed by atoms with Gasteiger partial charge >= 0.3 is 0 Å². The van der Waals surface area contributed by atoms with Crippen LogP contribution in [-0.2, 0) is 0 Å². The van der Waals surface area contributed by atoms with Crippen LogP contribution in [0.25, 0.3) is 0 Å². The first-order valence-electron chi connectivity index (χ1n) is 9.22. The number of aliphatic imine (C=N–C) groups is 1. The van der Waals surface area contributed by atoms with Crippen molar-refractivity contribution >= 4 is 28.5 Å². The zero-order valence-corrected chi connectivity index (χ0v) is 17.0. The van der Waals surface area contributed by atoms with E-state index in [1.54, 1.807) is 0 Å². The summed E-state index contributed by atoms with van der Waals surface area (Å²) >= 11 is 1.50. The number of hydrogen-bond donors (Lipinski definition) is 3. The number of hydrogen-bond acceptors (Lipinski definition) is 7. The molecule has 1 atom stereocenters. The highest BCUT2D eigenvalue weighted by molar-refractivity contribution is 8.12. The molecule has 1 unspecified atom stereocenters. The number of rotatable bonds is 8. The van der Waals surface area contributed by atoms with Crippen LogP contribution in [0.15, 0.2) is 59.6 Å². The second-order valence-electron chi connectivity index (χ2n) is 6.65. The van der Waals surface area contributed by atoms with Crippen molar-refractivity contribution in [3.63, 3.8) is 0 Å². The van der Waals surface area contributed by atoms with Gasteiger partial charge in [-0.25, -0.2) is 9.71 Å². The second kappa shape index (κ2) is 9.64. The Kier molecular flexibility index (Phi) is 6.98. The SMILES string of the molecule is CCN(CCN(C)C)c1ccc(NNC2=NC(c3ccccc3)NS2)cc1. The molecule has 0 spiro atoms. The minimum absolute atomic E-state index is 0.0160. The molecule has 6 nitrogen and oxygen atoms in total. The van der Waals surface area contributed by atoms with Crippen molar-refractivity contribution in [2.24, 2.45) is 4.99 Å². The standard InChI is InChI=1S/C20H28N6S/c1-4-26(15-14-25(2)3)18-12-10-17(11-13-18)22-23-20-21-19(24-27-20)16-8-6-5-7-9-16/h5-13,19,22,24H,4,14-15H2,1-3H3,(H,21,23). The van der Waals surface area contributed by atoms with Gasteiger partial charge in [0.2, 0.25) is 0 Å². The third-order valence-corrected chi connectivity index (χ3v) is 5.12. The van der Waals surface area contributed by atoms with Crippen LogP contribution in [0.5, 0.6) is 0 Å². The Hall–Kier alpha value is -2.22. The largest absolute Gasteiger partial charge is 0.371 e. The van der Waals surface area contributed by atoms with E-state index in [1.807, 2.05) is 18.2 Å². The quantitative estimate of drug-likeness (QED) is 0.480. The average molecular weight is 385 g/mol. The first kappa shape index (κ1) is 19.5. The van der Waals surface area contributed by atoms with E-state index in [0.717, 1.165) is 36.1 Å². The number of likely N-dealkylation sites (N-methyl/N-ethyl adjacent to an activating group) is 2. The zero-order valence-electron chi connectivity index (χ0n) is 16.1. The fourth-order valence-corrected chi connectivity index (χ4v) is 3.46. The van der Waals surface area contributed by atoms with Crippen LogP contribution >= 0.6 is 11.9 Å². The van der Waals surface area contributed by atoms with Crippen LogP contribution < -0.4 is 20.5 Å². The van der Waals surface area contributed by atoms with Gasteiger partial charge in [0.1, 0.15) is 6.17 Å². The van der Waals surface area contributed by atoms with Gasteiger partial charge in [-0.05, 0) is 62.8 Å². The lowest BCUT2D eigenvalue weighted by molar-refractivity contribution is 0.414. The topological polar surface area (TPSA) is 54.9 Å². The van der Waals surface area contributed by atoms with Gasteiger partial charge in [0, 0.05) is 25.3 Å². The van der Waals surface area contributed by atoms with E-state index in [2.05, 4.69) is 87.8 Å². The molecule has 0 amide bonds. The molecule has 0 aliphatic carbocycles. The van der Waals surface area contributed by atoms with Crippen molar-refractivity contribution in [1.82, 2.24) is 15.0 Å². The first-order valence-corrected chi connectivity index (χ1v) is 10.0. The highest BCUT2D eigenvalue weighted by atomic mass is 32.2. The van der Waals surface area contributed by atoms with Gasteiger partial charge in [-0.15, -0.1) is 0 Å². The van der Waals surface area contributed by atoms with Crippen LogP contribution in [0, 0.1) is 0 Å². The summed E-state index contributed by atoms with van der Waals surface area (Å²) in [5.41, 5.74) is 9.81.